The summed E-state index contributed by atoms with van der Waals surface area (Å²) < 4.78 is 17.6. The van der Waals surface area contributed by atoms with E-state index in [0.717, 1.165) is 24.8 Å². The van der Waals surface area contributed by atoms with E-state index >= 15 is 0 Å². The maximum Gasteiger partial charge on any atom is 0.408 e. The van der Waals surface area contributed by atoms with Gasteiger partial charge in [0.2, 0.25) is 11.8 Å². The predicted octanol–water partition coefficient (Wildman–Crippen LogP) is 5.10. The van der Waals surface area contributed by atoms with E-state index in [9.17, 15) is 24.3 Å². The van der Waals surface area contributed by atoms with Crippen molar-refractivity contribution in [2.45, 2.75) is 82.7 Å². The van der Waals surface area contributed by atoms with Crippen LogP contribution >= 0.6 is 0 Å². The van der Waals surface area contributed by atoms with Crippen LogP contribution in [0.4, 0.5) is 4.79 Å². The Hall–Kier alpha value is -5.13. The van der Waals surface area contributed by atoms with Crippen LogP contribution in [0.3, 0.4) is 0 Å². The standard InChI is InChI=1S/C38H44N4O8/c1-6-23-20-38(23,35(45)46)41-33(43)30-18-26(21-42(30)34(44)32(37(2,3)4)40-36(47)50-24-13-10-14-24)49-31-19-28(22-11-8-7-9-12-22)39-29-17-25(48-5)15-16-27(29)31/h6-9,11-12,15-17,19,23-24,26,30,32H,1,10,13-14,18,20-21H2,2-5H3,(H,40,47)(H,41,43)(H,45,46)/t23-,26-,30+,32-,38-/m1/s1. The average Bonchev–Trinajstić information content (AvgIpc) is 3.64. The number of carboxylic acids is 1. The fourth-order valence-electron chi connectivity index (χ4n) is 6.64. The van der Waals surface area contributed by atoms with Gasteiger partial charge in [-0.05, 0) is 43.2 Å². The monoisotopic (exact) mass is 684 g/mol. The molecule has 6 rings (SSSR count). The first-order valence-electron chi connectivity index (χ1n) is 17.0. The summed E-state index contributed by atoms with van der Waals surface area (Å²) in [6.45, 7) is 9.18. The average molecular weight is 685 g/mol. The van der Waals surface area contributed by atoms with Crippen molar-refractivity contribution in [2.75, 3.05) is 13.7 Å². The summed E-state index contributed by atoms with van der Waals surface area (Å²) in [6.07, 6.45) is 2.77. The Kier molecular flexibility index (Phi) is 9.48. The number of pyridine rings is 1. The van der Waals surface area contributed by atoms with Crippen molar-refractivity contribution in [3.05, 3.63) is 67.3 Å². The van der Waals surface area contributed by atoms with Crippen LogP contribution in [0.2, 0.25) is 0 Å². The van der Waals surface area contributed by atoms with E-state index in [-0.39, 0.29) is 25.5 Å². The van der Waals surface area contributed by atoms with Gasteiger partial charge in [-0.2, -0.15) is 0 Å². The molecule has 1 aliphatic heterocycles. The Balaban J connectivity index is 1.33. The number of alkyl carbamates (subject to hydrolysis) is 1. The van der Waals surface area contributed by atoms with Gasteiger partial charge in [-0.25, -0.2) is 14.6 Å². The van der Waals surface area contributed by atoms with Crippen LogP contribution in [0.15, 0.2) is 67.3 Å². The quantitative estimate of drug-likeness (QED) is 0.234. The third kappa shape index (κ3) is 6.97. The van der Waals surface area contributed by atoms with Crippen molar-refractivity contribution in [3.63, 3.8) is 0 Å². The number of hydrogen-bond acceptors (Lipinski definition) is 8. The minimum absolute atomic E-state index is 0.00839. The summed E-state index contributed by atoms with van der Waals surface area (Å²) in [5, 5.41) is 16.2. The number of aromatic nitrogens is 1. The Morgan fingerprint density at radius 3 is 2.42 bits per heavy atom. The lowest BCUT2D eigenvalue weighted by Gasteiger charge is -2.36. The summed E-state index contributed by atoms with van der Waals surface area (Å²) in [5.41, 5.74) is -0.0822. The van der Waals surface area contributed by atoms with Crippen molar-refractivity contribution in [1.29, 1.82) is 0 Å². The normalized spacial score (nSPS) is 23.7. The lowest BCUT2D eigenvalue weighted by atomic mass is 9.85. The van der Waals surface area contributed by atoms with Gasteiger partial charge >= 0.3 is 12.1 Å². The maximum absolute atomic E-state index is 14.4. The molecular formula is C38H44N4O8. The molecule has 3 aromatic rings. The maximum atomic E-state index is 14.4. The number of aliphatic carboxylic acids is 1. The van der Waals surface area contributed by atoms with Gasteiger partial charge in [-0.3, -0.25) is 9.59 Å². The van der Waals surface area contributed by atoms with Gasteiger partial charge in [0.05, 0.1) is 24.9 Å². The van der Waals surface area contributed by atoms with Crippen molar-refractivity contribution in [1.82, 2.24) is 20.5 Å². The number of likely N-dealkylation sites (tertiary alicyclic amines) is 1. The highest BCUT2D eigenvalue weighted by Gasteiger charge is 2.61. The molecular weight excluding hydrogens is 640 g/mol. The van der Waals surface area contributed by atoms with E-state index in [2.05, 4.69) is 17.2 Å². The molecule has 5 atom stereocenters. The topological polar surface area (TPSA) is 156 Å². The first-order chi connectivity index (χ1) is 23.8. The number of carbonyl (C=O) groups excluding carboxylic acids is 3. The van der Waals surface area contributed by atoms with E-state index in [1.54, 1.807) is 13.2 Å². The molecule has 3 fully saturated rings. The van der Waals surface area contributed by atoms with Gasteiger partial charge in [0.1, 0.15) is 41.3 Å². The molecule has 2 saturated carbocycles. The molecule has 0 radical (unpaired) electrons. The summed E-state index contributed by atoms with van der Waals surface area (Å²) >= 11 is 0. The van der Waals surface area contributed by atoms with Crippen LogP contribution in [-0.4, -0.2) is 82.4 Å². The fourth-order valence-corrected chi connectivity index (χ4v) is 6.64. The second-order valence-corrected chi connectivity index (χ2v) is 14.5. The van der Waals surface area contributed by atoms with Crippen molar-refractivity contribution in [2.24, 2.45) is 11.3 Å². The van der Waals surface area contributed by atoms with Crippen LogP contribution in [-0.2, 0) is 19.1 Å². The minimum Gasteiger partial charge on any atom is -0.497 e. The highest BCUT2D eigenvalue weighted by molar-refractivity contribution is 5.96. The number of methoxy groups -OCH3 is 1. The molecule has 2 heterocycles. The molecule has 0 bridgehead atoms. The molecule has 12 nitrogen and oxygen atoms in total. The van der Waals surface area contributed by atoms with E-state index in [4.69, 9.17) is 19.2 Å². The molecule has 0 unspecified atom stereocenters. The molecule has 1 aromatic heterocycles. The van der Waals surface area contributed by atoms with Crippen molar-refractivity contribution >= 4 is 34.8 Å². The molecule has 2 aromatic carbocycles. The Morgan fingerprint density at radius 1 is 1.08 bits per heavy atom. The zero-order valence-corrected chi connectivity index (χ0v) is 28.8. The number of fused-ring (bicyclic) bond motifs is 1. The number of amides is 3. The van der Waals surface area contributed by atoms with Crippen molar-refractivity contribution in [3.8, 4) is 22.8 Å². The zero-order valence-electron chi connectivity index (χ0n) is 28.8. The Bertz CT molecular complexity index is 1800. The molecule has 0 spiro atoms. The number of rotatable bonds is 11. The number of benzene rings is 2. The number of nitrogens with one attached hydrogen (secondary N) is 2. The van der Waals surface area contributed by atoms with Gasteiger partial charge in [0.25, 0.3) is 0 Å². The smallest absolute Gasteiger partial charge is 0.408 e. The summed E-state index contributed by atoms with van der Waals surface area (Å²) in [4.78, 5) is 59.9. The molecule has 3 aliphatic rings. The summed E-state index contributed by atoms with van der Waals surface area (Å²) in [6, 6.07) is 14.8. The van der Waals surface area contributed by atoms with Crippen LogP contribution in [0.5, 0.6) is 11.5 Å². The van der Waals surface area contributed by atoms with Crippen LogP contribution in [0.25, 0.3) is 22.2 Å². The highest BCUT2D eigenvalue weighted by Crippen LogP contribution is 2.45. The third-order valence-electron chi connectivity index (χ3n) is 9.92. The van der Waals surface area contributed by atoms with Crippen LogP contribution < -0.4 is 20.1 Å². The molecule has 2 aliphatic carbocycles. The fraction of sp³-hybridized carbons (Fsp3) is 0.447. The number of ether oxygens (including phenoxy) is 3. The van der Waals surface area contributed by atoms with Crippen LogP contribution in [0.1, 0.15) is 52.9 Å². The number of hydrogen-bond donors (Lipinski definition) is 3. The summed E-state index contributed by atoms with van der Waals surface area (Å²) in [5.74, 6) is -1.60. The molecule has 12 heteroatoms. The van der Waals surface area contributed by atoms with Crippen molar-refractivity contribution < 1.29 is 38.5 Å². The third-order valence-corrected chi connectivity index (χ3v) is 9.92. The zero-order chi connectivity index (χ0) is 35.8. The molecule has 3 N–H and O–H groups in total. The second kappa shape index (κ2) is 13.6. The lowest BCUT2D eigenvalue weighted by Crippen LogP contribution is -2.59. The second-order valence-electron chi connectivity index (χ2n) is 14.5. The van der Waals surface area contributed by atoms with E-state index < -0.39 is 58.9 Å². The Labute approximate surface area is 291 Å². The first kappa shape index (κ1) is 34.7. The van der Waals surface area contributed by atoms with Gasteiger partial charge in [-0.1, -0.05) is 57.2 Å². The SMILES string of the molecule is C=C[C@@H]1C[C@]1(NC(=O)[C@@H]1C[C@@H](Oc2cc(-c3ccccc3)nc3cc(OC)ccc23)CN1C(=O)[C@@H](NC(=O)OC1CCC1)C(C)(C)C)C(=O)O. The van der Waals surface area contributed by atoms with Gasteiger partial charge in [0.15, 0.2) is 0 Å². The van der Waals surface area contributed by atoms with E-state index in [0.29, 0.717) is 28.1 Å². The highest BCUT2D eigenvalue weighted by atomic mass is 16.6. The van der Waals surface area contributed by atoms with Gasteiger partial charge in [-0.15, -0.1) is 6.58 Å². The molecule has 3 amide bonds. The van der Waals surface area contributed by atoms with E-state index in [1.807, 2.05) is 69.3 Å². The summed E-state index contributed by atoms with van der Waals surface area (Å²) in [7, 11) is 1.58. The van der Waals surface area contributed by atoms with Gasteiger partial charge < -0.3 is 34.9 Å². The van der Waals surface area contributed by atoms with Gasteiger partial charge in [0, 0.05) is 35.4 Å². The lowest BCUT2D eigenvalue weighted by molar-refractivity contribution is -0.146. The van der Waals surface area contributed by atoms with E-state index in [1.165, 1.54) is 11.0 Å². The Morgan fingerprint density at radius 2 is 1.82 bits per heavy atom. The first-order valence-corrected chi connectivity index (χ1v) is 17.0. The molecule has 50 heavy (non-hydrogen) atoms. The molecule has 1 saturated heterocycles. The predicted molar refractivity (Wildman–Crippen MR) is 186 cm³/mol. The molecule has 264 valence electrons. The minimum atomic E-state index is -1.49. The number of nitrogens with zero attached hydrogens (tertiary/aromatic N) is 2. The number of carboxylic acid groups (broad SMARTS) is 1. The van der Waals surface area contributed by atoms with Crippen LogP contribution in [0, 0.1) is 11.3 Å². The largest absolute Gasteiger partial charge is 0.497 e. The number of carbonyl (C=O) groups is 4.